The Morgan fingerprint density at radius 2 is 2.16 bits per heavy atom. The van der Waals surface area contributed by atoms with E-state index in [1.165, 1.54) is 5.56 Å². The van der Waals surface area contributed by atoms with Crippen LogP contribution >= 0.6 is 0 Å². The third-order valence-corrected chi connectivity index (χ3v) is 3.10. The zero-order valence-corrected chi connectivity index (χ0v) is 12.1. The lowest BCUT2D eigenvalue weighted by molar-refractivity contribution is 0.719. The Hall–Kier alpha value is -1.68. The summed E-state index contributed by atoms with van der Waals surface area (Å²) in [6, 6.07) is 4.22. The predicted molar refractivity (Wildman–Crippen MR) is 77.6 cm³/mol. The first-order chi connectivity index (χ1) is 9.11. The van der Waals surface area contributed by atoms with E-state index < -0.39 is 0 Å². The van der Waals surface area contributed by atoms with Crippen LogP contribution in [0.4, 0.5) is 0 Å². The molecule has 0 bridgehead atoms. The zero-order valence-electron chi connectivity index (χ0n) is 12.1. The fourth-order valence-corrected chi connectivity index (χ4v) is 2.00. The molecule has 0 aliphatic carbocycles. The quantitative estimate of drug-likeness (QED) is 0.896. The van der Waals surface area contributed by atoms with Gasteiger partial charge in [0.15, 0.2) is 5.82 Å². The van der Waals surface area contributed by atoms with Crippen LogP contribution in [0, 0.1) is 6.92 Å². The minimum atomic E-state index is 0.439. The summed E-state index contributed by atoms with van der Waals surface area (Å²) in [5.41, 5.74) is 3.45. The third kappa shape index (κ3) is 3.20. The van der Waals surface area contributed by atoms with Crippen molar-refractivity contribution < 1.29 is 0 Å². The van der Waals surface area contributed by atoms with Gasteiger partial charge in [0.05, 0.1) is 5.69 Å². The van der Waals surface area contributed by atoms with E-state index in [0.29, 0.717) is 5.92 Å². The Kier molecular flexibility index (Phi) is 4.32. The molecule has 102 valence electrons. The molecule has 1 N–H and O–H groups in total. The maximum Gasteiger partial charge on any atom is 0.156 e. The average Bonchev–Trinajstić information content (AvgIpc) is 2.86. The van der Waals surface area contributed by atoms with Crippen molar-refractivity contribution in [1.29, 1.82) is 0 Å². The molecule has 4 heteroatoms. The summed E-state index contributed by atoms with van der Waals surface area (Å²) in [6.07, 6.45) is 3.90. The monoisotopic (exact) mass is 258 g/mol. The molecule has 0 saturated carbocycles. The Balaban J connectivity index is 2.24. The van der Waals surface area contributed by atoms with Gasteiger partial charge >= 0.3 is 0 Å². The van der Waals surface area contributed by atoms with Crippen molar-refractivity contribution in [3.63, 3.8) is 0 Å². The van der Waals surface area contributed by atoms with Crippen LogP contribution in [0.25, 0.3) is 5.82 Å². The largest absolute Gasteiger partial charge is 0.313 e. The number of nitrogens with one attached hydrogen (secondary N) is 1. The summed E-state index contributed by atoms with van der Waals surface area (Å²) in [5.74, 6) is 1.35. The molecule has 0 aliphatic rings. The maximum absolute atomic E-state index is 4.57. The lowest BCUT2D eigenvalue weighted by Gasteiger charge is -2.08. The Morgan fingerprint density at radius 3 is 2.74 bits per heavy atom. The van der Waals surface area contributed by atoms with Crippen molar-refractivity contribution in [3.05, 3.63) is 41.3 Å². The van der Waals surface area contributed by atoms with Gasteiger partial charge in [0, 0.05) is 18.9 Å². The van der Waals surface area contributed by atoms with Gasteiger partial charge in [-0.05, 0) is 42.6 Å². The first-order valence-electron chi connectivity index (χ1n) is 6.84. The molecule has 0 spiro atoms. The first kappa shape index (κ1) is 13.7. The second-order valence-electron chi connectivity index (χ2n) is 5.10. The highest BCUT2D eigenvalue weighted by Gasteiger charge is 2.08. The second-order valence-corrected chi connectivity index (χ2v) is 5.10. The summed E-state index contributed by atoms with van der Waals surface area (Å²) in [5, 5.41) is 7.88. The molecule has 0 aromatic carbocycles. The van der Waals surface area contributed by atoms with Crippen LogP contribution < -0.4 is 5.32 Å². The second kappa shape index (κ2) is 5.97. The highest BCUT2D eigenvalue weighted by atomic mass is 15.3. The van der Waals surface area contributed by atoms with Crippen LogP contribution in [-0.4, -0.2) is 21.3 Å². The van der Waals surface area contributed by atoms with Gasteiger partial charge in [0.25, 0.3) is 0 Å². The van der Waals surface area contributed by atoms with Gasteiger partial charge in [0.2, 0.25) is 0 Å². The molecule has 2 heterocycles. The Bertz CT molecular complexity index is 543. The van der Waals surface area contributed by atoms with Crippen molar-refractivity contribution in [3.8, 4) is 5.82 Å². The average molecular weight is 258 g/mol. The number of hydrogen-bond donors (Lipinski definition) is 1. The number of aromatic nitrogens is 3. The van der Waals surface area contributed by atoms with E-state index in [9.17, 15) is 0 Å². The number of rotatable bonds is 5. The fraction of sp³-hybridized carbons (Fsp3) is 0.467. The van der Waals surface area contributed by atoms with Crippen molar-refractivity contribution in [2.75, 3.05) is 6.54 Å². The van der Waals surface area contributed by atoms with Crippen LogP contribution in [0.2, 0.25) is 0 Å². The number of aryl methyl sites for hydroxylation is 1. The Morgan fingerprint density at radius 1 is 1.37 bits per heavy atom. The van der Waals surface area contributed by atoms with E-state index in [-0.39, 0.29) is 0 Å². The standard InChI is InChI=1S/C15H22N4/c1-5-16-9-13-8-12(4)15(17-10-13)19-7-6-14(18-19)11(2)3/h6-8,10-11,16H,5,9H2,1-4H3. The van der Waals surface area contributed by atoms with E-state index in [4.69, 9.17) is 0 Å². The molecule has 19 heavy (non-hydrogen) atoms. The molecule has 0 aliphatic heterocycles. The predicted octanol–water partition coefficient (Wildman–Crippen LogP) is 2.81. The molecule has 2 aromatic rings. The number of hydrogen-bond acceptors (Lipinski definition) is 3. The lowest BCUT2D eigenvalue weighted by Crippen LogP contribution is -2.12. The van der Waals surface area contributed by atoms with E-state index in [1.807, 2.05) is 17.1 Å². The number of nitrogens with zero attached hydrogens (tertiary/aromatic N) is 3. The summed E-state index contributed by atoms with van der Waals surface area (Å²) < 4.78 is 1.86. The van der Waals surface area contributed by atoms with Crippen molar-refractivity contribution in [2.45, 2.75) is 40.2 Å². The summed E-state index contributed by atoms with van der Waals surface area (Å²) >= 11 is 0. The van der Waals surface area contributed by atoms with E-state index >= 15 is 0 Å². The zero-order chi connectivity index (χ0) is 13.8. The van der Waals surface area contributed by atoms with Crippen LogP contribution in [0.5, 0.6) is 0 Å². The molecule has 4 nitrogen and oxygen atoms in total. The molecule has 0 unspecified atom stereocenters. The van der Waals surface area contributed by atoms with E-state index in [0.717, 1.165) is 30.2 Å². The van der Waals surface area contributed by atoms with E-state index in [2.05, 4.69) is 55.2 Å². The maximum atomic E-state index is 4.57. The fourth-order valence-electron chi connectivity index (χ4n) is 2.00. The first-order valence-corrected chi connectivity index (χ1v) is 6.84. The van der Waals surface area contributed by atoms with Crippen LogP contribution in [0.3, 0.4) is 0 Å². The molecule has 2 rings (SSSR count). The van der Waals surface area contributed by atoms with Gasteiger partial charge in [-0.3, -0.25) is 0 Å². The van der Waals surface area contributed by atoms with Crippen LogP contribution in [-0.2, 0) is 6.54 Å². The Labute approximate surface area is 114 Å². The van der Waals surface area contributed by atoms with Crippen molar-refractivity contribution >= 4 is 0 Å². The lowest BCUT2D eigenvalue weighted by atomic mass is 10.1. The third-order valence-electron chi connectivity index (χ3n) is 3.10. The molecule has 2 aromatic heterocycles. The van der Waals surface area contributed by atoms with Crippen molar-refractivity contribution in [2.24, 2.45) is 0 Å². The molecular formula is C15H22N4. The molecule has 0 amide bonds. The highest BCUT2D eigenvalue weighted by Crippen LogP contribution is 2.16. The molecule has 0 atom stereocenters. The van der Waals surface area contributed by atoms with E-state index in [1.54, 1.807) is 0 Å². The van der Waals surface area contributed by atoms with Gasteiger partial charge in [-0.2, -0.15) is 5.10 Å². The normalized spacial score (nSPS) is 11.2. The van der Waals surface area contributed by atoms with Gasteiger partial charge < -0.3 is 5.32 Å². The molecule has 0 radical (unpaired) electrons. The van der Waals surface area contributed by atoms with Gasteiger partial charge in [-0.1, -0.05) is 20.8 Å². The van der Waals surface area contributed by atoms with Gasteiger partial charge in [-0.25, -0.2) is 9.67 Å². The number of pyridine rings is 1. The van der Waals surface area contributed by atoms with Crippen molar-refractivity contribution in [1.82, 2.24) is 20.1 Å². The summed E-state index contributed by atoms with van der Waals surface area (Å²) in [7, 11) is 0. The minimum absolute atomic E-state index is 0.439. The molecule has 0 fully saturated rings. The molecule has 0 saturated heterocycles. The highest BCUT2D eigenvalue weighted by molar-refractivity contribution is 5.35. The minimum Gasteiger partial charge on any atom is -0.313 e. The summed E-state index contributed by atoms with van der Waals surface area (Å²) in [6.45, 7) is 10.3. The van der Waals surface area contributed by atoms with Crippen LogP contribution in [0.1, 0.15) is 43.5 Å². The van der Waals surface area contributed by atoms with Gasteiger partial charge in [-0.15, -0.1) is 0 Å². The van der Waals surface area contributed by atoms with Gasteiger partial charge in [0.1, 0.15) is 0 Å². The smallest absolute Gasteiger partial charge is 0.156 e. The van der Waals surface area contributed by atoms with Crippen LogP contribution in [0.15, 0.2) is 24.5 Å². The topological polar surface area (TPSA) is 42.7 Å². The SMILES string of the molecule is CCNCc1cnc(-n2ccc(C(C)C)n2)c(C)c1. The molecular weight excluding hydrogens is 236 g/mol. The summed E-state index contributed by atoms with van der Waals surface area (Å²) in [4.78, 5) is 4.53.